The fraction of sp³-hybridized carbons (Fsp3) is 0.161. The number of hydrogen-bond donors (Lipinski definition) is 0. The van der Waals surface area contributed by atoms with Crippen molar-refractivity contribution in [2.75, 3.05) is 4.90 Å². The van der Waals surface area contributed by atoms with E-state index < -0.39 is 0 Å². The number of hydrogen-bond acceptors (Lipinski definition) is 2. The first-order valence-corrected chi connectivity index (χ1v) is 23.1. The van der Waals surface area contributed by atoms with Gasteiger partial charge in [0.05, 0.1) is 16.7 Å². The van der Waals surface area contributed by atoms with Gasteiger partial charge in [0.1, 0.15) is 11.4 Å². The highest BCUT2D eigenvalue weighted by Gasteiger charge is 2.42. The zero-order valence-corrected chi connectivity index (χ0v) is 38.0. The molecule has 0 spiro atoms. The molecule has 3 aliphatic rings. The first kappa shape index (κ1) is 39.2. The van der Waals surface area contributed by atoms with Gasteiger partial charge in [0.25, 0.3) is 0 Å². The molecule has 2 heterocycles. The predicted molar refractivity (Wildman–Crippen MR) is 273 cm³/mol. The van der Waals surface area contributed by atoms with Crippen LogP contribution in [0.3, 0.4) is 0 Å². The number of benzene rings is 8. The van der Waals surface area contributed by atoms with Crippen LogP contribution in [-0.2, 0) is 10.8 Å². The molecule has 8 aromatic carbocycles. The summed E-state index contributed by atoms with van der Waals surface area (Å²) in [6.07, 6.45) is 7.47. The maximum Gasteiger partial charge on any atom is 0.135 e. The minimum Gasteiger partial charge on any atom is -0.482 e. The molecular formula is C62H52N2O. The summed E-state index contributed by atoms with van der Waals surface area (Å²) in [4.78, 5) is 2.45. The van der Waals surface area contributed by atoms with E-state index >= 15 is 0 Å². The zero-order chi connectivity index (χ0) is 44.2. The Kier molecular flexibility index (Phi) is 8.65. The van der Waals surface area contributed by atoms with Crippen molar-refractivity contribution in [2.45, 2.75) is 64.4 Å². The highest BCUT2D eigenvalue weighted by atomic mass is 16.5. The second-order valence-electron chi connectivity index (χ2n) is 19.9. The van der Waals surface area contributed by atoms with Crippen LogP contribution in [0.2, 0.25) is 0 Å². The van der Waals surface area contributed by atoms with Crippen LogP contribution in [0.5, 0.6) is 5.75 Å². The summed E-state index contributed by atoms with van der Waals surface area (Å²) in [7, 11) is 0. The monoisotopic (exact) mass is 840 g/mol. The van der Waals surface area contributed by atoms with Gasteiger partial charge in [0.2, 0.25) is 0 Å². The van der Waals surface area contributed by atoms with Gasteiger partial charge in [-0.2, -0.15) is 0 Å². The molecule has 9 aromatic rings. The Morgan fingerprint density at radius 1 is 0.554 bits per heavy atom. The molecule has 0 N–H and O–H groups in total. The van der Waals surface area contributed by atoms with Gasteiger partial charge < -0.3 is 14.2 Å². The molecule has 65 heavy (non-hydrogen) atoms. The number of rotatable bonds is 6. The average Bonchev–Trinajstić information content (AvgIpc) is 3.91. The summed E-state index contributed by atoms with van der Waals surface area (Å²) in [6, 6.07) is 65.3. The molecule has 316 valence electrons. The number of fused-ring (bicyclic) bond motifs is 9. The Balaban J connectivity index is 1.03. The lowest BCUT2D eigenvalue weighted by Gasteiger charge is -2.29. The molecular weight excluding hydrogens is 789 g/mol. The van der Waals surface area contributed by atoms with Crippen molar-refractivity contribution in [1.82, 2.24) is 4.57 Å². The summed E-state index contributed by atoms with van der Waals surface area (Å²) in [5, 5.41) is 2.52. The number of ether oxygens (including phenoxy) is 1. The van der Waals surface area contributed by atoms with Crippen molar-refractivity contribution in [3.8, 4) is 44.8 Å². The van der Waals surface area contributed by atoms with Crippen LogP contribution in [-0.4, -0.2) is 10.2 Å². The molecule has 2 aliphatic carbocycles. The maximum absolute atomic E-state index is 6.63. The highest BCUT2D eigenvalue weighted by Crippen LogP contribution is 2.55. The van der Waals surface area contributed by atoms with Crippen molar-refractivity contribution in [3.05, 3.63) is 216 Å². The van der Waals surface area contributed by atoms with E-state index in [1.807, 2.05) is 0 Å². The molecule has 1 aliphatic heterocycles. The Bertz CT molecular complexity index is 3390. The molecule has 0 saturated heterocycles. The molecule has 0 bridgehead atoms. The van der Waals surface area contributed by atoms with Crippen molar-refractivity contribution >= 4 is 44.4 Å². The van der Waals surface area contributed by atoms with Crippen LogP contribution < -0.4 is 9.64 Å². The van der Waals surface area contributed by atoms with Gasteiger partial charge in [-0.15, -0.1) is 0 Å². The first-order valence-electron chi connectivity index (χ1n) is 23.1. The fourth-order valence-corrected chi connectivity index (χ4v) is 11.1. The molecule has 1 unspecified atom stereocenters. The van der Waals surface area contributed by atoms with Gasteiger partial charge in [0.15, 0.2) is 0 Å². The number of anilines is 3. The molecule has 1 atom stereocenters. The van der Waals surface area contributed by atoms with Gasteiger partial charge in [-0.05, 0) is 118 Å². The van der Waals surface area contributed by atoms with Crippen LogP contribution in [0, 0.1) is 0 Å². The van der Waals surface area contributed by atoms with Gasteiger partial charge in [-0.25, -0.2) is 0 Å². The third-order valence-electron chi connectivity index (χ3n) is 14.5. The lowest BCUT2D eigenvalue weighted by Crippen LogP contribution is -2.29. The largest absolute Gasteiger partial charge is 0.482 e. The van der Waals surface area contributed by atoms with Crippen LogP contribution in [0.1, 0.15) is 70.2 Å². The molecule has 3 nitrogen and oxygen atoms in total. The third-order valence-corrected chi connectivity index (χ3v) is 14.5. The predicted octanol–water partition coefficient (Wildman–Crippen LogP) is 16.7. The average molecular weight is 841 g/mol. The number of allylic oxidation sites excluding steroid dienone is 2. The minimum absolute atomic E-state index is 0.0574. The molecule has 1 aromatic heterocycles. The topological polar surface area (TPSA) is 17.4 Å². The Labute approximate surface area is 382 Å². The van der Waals surface area contributed by atoms with Gasteiger partial charge in [-0.3, -0.25) is 0 Å². The van der Waals surface area contributed by atoms with Crippen molar-refractivity contribution in [3.63, 3.8) is 0 Å². The van der Waals surface area contributed by atoms with Gasteiger partial charge in [0, 0.05) is 56.4 Å². The fourth-order valence-electron chi connectivity index (χ4n) is 11.1. The Morgan fingerprint density at radius 2 is 1.18 bits per heavy atom. The molecule has 0 amide bonds. The van der Waals surface area contributed by atoms with Crippen molar-refractivity contribution in [1.29, 1.82) is 0 Å². The molecule has 12 rings (SSSR count). The Morgan fingerprint density at radius 3 is 1.91 bits per heavy atom. The van der Waals surface area contributed by atoms with Crippen molar-refractivity contribution < 1.29 is 4.74 Å². The third kappa shape index (κ3) is 6.02. The van der Waals surface area contributed by atoms with E-state index in [0.717, 1.165) is 40.5 Å². The van der Waals surface area contributed by atoms with Gasteiger partial charge in [-0.1, -0.05) is 168 Å². The van der Waals surface area contributed by atoms with E-state index in [1.165, 1.54) is 77.5 Å². The van der Waals surface area contributed by atoms with Crippen LogP contribution in [0.4, 0.5) is 17.1 Å². The van der Waals surface area contributed by atoms with Gasteiger partial charge >= 0.3 is 0 Å². The van der Waals surface area contributed by atoms with Crippen LogP contribution >= 0.6 is 0 Å². The zero-order valence-electron chi connectivity index (χ0n) is 38.0. The quantitative estimate of drug-likeness (QED) is 0.166. The lowest BCUT2D eigenvalue weighted by atomic mass is 9.79. The normalized spacial score (nSPS) is 16.7. The summed E-state index contributed by atoms with van der Waals surface area (Å²) in [5.74, 6) is 0.956. The summed E-state index contributed by atoms with van der Waals surface area (Å²) in [6.45, 7) is 13.9. The van der Waals surface area contributed by atoms with Crippen LogP contribution in [0.15, 0.2) is 194 Å². The SMILES string of the molecule is CC12CC=CC=C1c1c(cccc1-c1ccc(N(c3ccc(-n4c5ccccc5c5ccccc54)cc3)c3ccccc3-c3cccc4c3-c3ccc(C(C)(C)C)cc3C4(C)C)cc1)O2. The molecule has 0 fully saturated rings. The second kappa shape index (κ2) is 14.3. The summed E-state index contributed by atoms with van der Waals surface area (Å²) < 4.78 is 9.03. The second-order valence-corrected chi connectivity index (χ2v) is 19.9. The van der Waals surface area contributed by atoms with Crippen molar-refractivity contribution in [2.24, 2.45) is 0 Å². The van der Waals surface area contributed by atoms with E-state index in [9.17, 15) is 0 Å². The van der Waals surface area contributed by atoms with Crippen LogP contribution in [0.25, 0.3) is 66.4 Å². The maximum atomic E-state index is 6.63. The molecule has 0 saturated carbocycles. The van der Waals surface area contributed by atoms with E-state index in [-0.39, 0.29) is 16.4 Å². The van der Waals surface area contributed by atoms with E-state index in [4.69, 9.17) is 4.74 Å². The lowest BCUT2D eigenvalue weighted by molar-refractivity contribution is 0.170. The minimum atomic E-state index is -0.346. The highest BCUT2D eigenvalue weighted by molar-refractivity contribution is 6.09. The smallest absolute Gasteiger partial charge is 0.135 e. The van der Waals surface area contributed by atoms with E-state index in [0.29, 0.717) is 0 Å². The number of aromatic nitrogens is 1. The first-order chi connectivity index (χ1) is 31.5. The van der Waals surface area contributed by atoms with E-state index in [2.05, 4.69) is 245 Å². The summed E-state index contributed by atoms with van der Waals surface area (Å²) in [5.41, 5.74) is 20.4. The Hall–Kier alpha value is -7.36. The molecule has 3 heteroatoms. The molecule has 0 radical (unpaired) electrons. The summed E-state index contributed by atoms with van der Waals surface area (Å²) >= 11 is 0. The standard InChI is InChI=1S/C62H52N2O/c1-60(2,3)41-30-37-50-53(39-41)61(4,5)51-23-15-21-49(58(50)51)48-19-9-10-24-54(48)63(43-33-35-44(36-34-43)64-55-25-11-7-17-46(55)47-18-8-12-26-56(47)64)42-31-28-40(29-32-42)45-20-16-27-57-59(45)52-22-13-14-38-62(52,6)65-57/h7-37,39H,38H2,1-6H3. The number of para-hydroxylation sites is 3. The number of nitrogens with zero attached hydrogens (tertiary/aromatic N) is 2. The van der Waals surface area contributed by atoms with E-state index in [1.54, 1.807) is 0 Å².